The predicted octanol–water partition coefficient (Wildman–Crippen LogP) is 2.19. The van der Waals surface area contributed by atoms with Crippen LogP contribution in [-0.4, -0.2) is 81.9 Å². The van der Waals surface area contributed by atoms with Crippen molar-refractivity contribution in [2.45, 2.75) is 44.2 Å². The van der Waals surface area contributed by atoms with Crippen LogP contribution in [0, 0.1) is 0 Å². The van der Waals surface area contributed by atoms with Gasteiger partial charge >= 0.3 is 0 Å². The maximum Gasteiger partial charge on any atom is 0.276 e. The van der Waals surface area contributed by atoms with Gasteiger partial charge in [-0.2, -0.15) is 0 Å². The quantitative estimate of drug-likeness (QED) is 0.331. The van der Waals surface area contributed by atoms with E-state index in [9.17, 15) is 4.79 Å². The van der Waals surface area contributed by atoms with Gasteiger partial charge < -0.3 is 26.4 Å². The Bertz CT molecular complexity index is 1140. The molecule has 3 aromatic heterocycles. The molecule has 0 unspecified atom stereocenters. The summed E-state index contributed by atoms with van der Waals surface area (Å²) in [6, 6.07) is 6.07. The molecule has 3 aromatic rings. The van der Waals surface area contributed by atoms with Gasteiger partial charge in [-0.15, -0.1) is 5.10 Å². The van der Waals surface area contributed by atoms with Gasteiger partial charge in [0.25, 0.3) is 5.91 Å². The van der Waals surface area contributed by atoms with Crippen LogP contribution < -0.4 is 21.7 Å². The minimum atomic E-state index is -0.278. The third kappa shape index (κ3) is 6.10. The third-order valence-corrected chi connectivity index (χ3v) is 6.83. The van der Waals surface area contributed by atoms with Crippen molar-refractivity contribution < 1.29 is 9.53 Å². The predicted molar refractivity (Wildman–Crippen MR) is 139 cm³/mol. The van der Waals surface area contributed by atoms with Crippen LogP contribution in [0.25, 0.3) is 5.65 Å². The van der Waals surface area contributed by atoms with Crippen molar-refractivity contribution in [3.05, 3.63) is 42.5 Å². The van der Waals surface area contributed by atoms with E-state index < -0.39 is 0 Å². The molecular weight excluding hydrogens is 458 g/mol. The van der Waals surface area contributed by atoms with Crippen molar-refractivity contribution in [3.8, 4) is 0 Å². The van der Waals surface area contributed by atoms with E-state index in [-0.39, 0.29) is 11.9 Å². The number of carbonyl (C=O) groups is 1. The number of nitrogens with one attached hydrogen (secondary N) is 3. The van der Waals surface area contributed by atoms with Gasteiger partial charge in [0.05, 0.1) is 25.1 Å². The van der Waals surface area contributed by atoms with Crippen LogP contribution in [0.15, 0.2) is 36.8 Å². The number of nitrogens with zero attached hydrogens (tertiary/aromatic N) is 5. The number of pyridine rings is 1. The number of hydrogen-bond donors (Lipinski definition) is 4. The van der Waals surface area contributed by atoms with Gasteiger partial charge in [-0.05, 0) is 50.8 Å². The number of anilines is 3. The summed E-state index contributed by atoms with van der Waals surface area (Å²) in [5.41, 5.74) is 8.60. The Balaban J connectivity index is 1.34. The highest BCUT2D eigenvalue weighted by molar-refractivity contribution is 6.03. The van der Waals surface area contributed by atoms with Crippen LogP contribution in [0.5, 0.6) is 0 Å². The van der Waals surface area contributed by atoms with E-state index in [0.717, 1.165) is 83.0 Å². The van der Waals surface area contributed by atoms with Crippen molar-refractivity contribution in [1.82, 2.24) is 24.5 Å². The van der Waals surface area contributed by atoms with E-state index >= 15 is 0 Å². The molecule has 1 amide bonds. The molecule has 2 aliphatic rings. The van der Waals surface area contributed by atoms with Gasteiger partial charge in [0.1, 0.15) is 5.82 Å². The molecule has 1 saturated heterocycles. The molecule has 5 rings (SSSR count). The second kappa shape index (κ2) is 11.6. The average molecular weight is 494 g/mol. The molecule has 5 N–H and O–H groups in total. The average Bonchev–Trinajstić information content (AvgIpc) is 3.33. The Morgan fingerprint density at radius 2 is 1.92 bits per heavy atom. The number of ether oxygens (including phenoxy) is 1. The van der Waals surface area contributed by atoms with E-state index in [2.05, 4.69) is 30.8 Å². The Morgan fingerprint density at radius 3 is 2.69 bits per heavy atom. The number of fused-ring (bicyclic) bond motifs is 1. The number of rotatable bonds is 9. The first-order valence-corrected chi connectivity index (χ1v) is 12.8. The third-order valence-electron chi connectivity index (χ3n) is 6.83. The van der Waals surface area contributed by atoms with E-state index in [0.29, 0.717) is 23.1 Å². The van der Waals surface area contributed by atoms with Crippen LogP contribution in [0.3, 0.4) is 0 Å². The Morgan fingerprint density at radius 1 is 1.14 bits per heavy atom. The summed E-state index contributed by atoms with van der Waals surface area (Å²) in [5, 5.41) is 14.7. The summed E-state index contributed by atoms with van der Waals surface area (Å²) in [6.07, 6.45) is 9.84. The van der Waals surface area contributed by atoms with E-state index in [4.69, 9.17) is 15.6 Å². The first-order chi connectivity index (χ1) is 17.7. The smallest absolute Gasteiger partial charge is 0.276 e. The standard InChI is InChI=1S/C25H35N9O2/c26-18-2-4-19(5-3-18)30-23-16-21(28-8-1-11-33-12-14-36-15-13-33)24-29-17-22(34(24)32-23)25(35)31-20-6-9-27-10-7-20/h6-7,9-10,16-19,28H,1-5,8,11-15,26H2,(H,30,32)(H,27,31,35)/t18-,19-. The molecular formula is C25H35N9O2. The number of nitrogens with two attached hydrogens (primary N) is 1. The lowest BCUT2D eigenvalue weighted by Crippen LogP contribution is -2.37. The summed E-state index contributed by atoms with van der Waals surface area (Å²) in [4.78, 5) is 24.0. The van der Waals surface area contributed by atoms with Crippen molar-refractivity contribution in [2.24, 2.45) is 5.73 Å². The number of amides is 1. The van der Waals surface area contributed by atoms with Crippen LogP contribution in [0.1, 0.15) is 42.6 Å². The van der Waals surface area contributed by atoms with E-state index in [1.54, 1.807) is 35.2 Å². The van der Waals surface area contributed by atoms with E-state index in [1.165, 1.54) is 0 Å². The highest BCUT2D eigenvalue weighted by Crippen LogP contribution is 2.25. The first-order valence-electron chi connectivity index (χ1n) is 12.8. The fraction of sp³-hybridized carbons (Fsp3) is 0.520. The van der Waals surface area contributed by atoms with Gasteiger partial charge in [0.2, 0.25) is 0 Å². The second-order valence-corrected chi connectivity index (χ2v) is 9.50. The Hall–Kier alpha value is -3.28. The molecule has 192 valence electrons. The van der Waals surface area contributed by atoms with Crippen molar-refractivity contribution in [1.29, 1.82) is 0 Å². The van der Waals surface area contributed by atoms with Gasteiger partial charge in [-0.1, -0.05) is 0 Å². The van der Waals surface area contributed by atoms with Crippen LogP contribution in [0.2, 0.25) is 0 Å². The molecule has 11 heteroatoms. The number of hydrogen-bond acceptors (Lipinski definition) is 9. The summed E-state index contributed by atoms with van der Waals surface area (Å²) >= 11 is 0. The van der Waals surface area contributed by atoms with Crippen LogP contribution in [0.4, 0.5) is 17.2 Å². The molecule has 2 fully saturated rings. The SMILES string of the molecule is N[C@H]1CC[C@H](Nc2cc(NCCCN3CCOCC3)c3ncc(C(=O)Nc4ccncc4)n3n2)CC1. The minimum Gasteiger partial charge on any atom is -0.382 e. The molecule has 1 aliphatic carbocycles. The molecule has 36 heavy (non-hydrogen) atoms. The van der Waals surface area contributed by atoms with Crippen LogP contribution in [-0.2, 0) is 4.74 Å². The highest BCUT2D eigenvalue weighted by atomic mass is 16.5. The van der Waals surface area contributed by atoms with Gasteiger partial charge in [0.15, 0.2) is 11.3 Å². The fourth-order valence-corrected chi connectivity index (χ4v) is 4.78. The zero-order valence-corrected chi connectivity index (χ0v) is 20.5. The second-order valence-electron chi connectivity index (χ2n) is 9.50. The lowest BCUT2D eigenvalue weighted by molar-refractivity contribution is 0.0378. The Kier molecular flexibility index (Phi) is 7.89. The molecule has 1 saturated carbocycles. The number of imidazole rings is 1. The zero-order valence-electron chi connectivity index (χ0n) is 20.5. The van der Waals surface area contributed by atoms with Gasteiger partial charge in [0, 0.05) is 55.9 Å². The lowest BCUT2D eigenvalue weighted by Gasteiger charge is -2.27. The maximum absolute atomic E-state index is 13.1. The summed E-state index contributed by atoms with van der Waals surface area (Å²) < 4.78 is 7.06. The van der Waals surface area contributed by atoms with Gasteiger partial charge in [-0.3, -0.25) is 14.7 Å². The zero-order chi connectivity index (χ0) is 24.7. The summed E-state index contributed by atoms with van der Waals surface area (Å²) in [6.45, 7) is 5.37. The van der Waals surface area contributed by atoms with Crippen LogP contribution >= 0.6 is 0 Å². The van der Waals surface area contributed by atoms with Crippen molar-refractivity contribution in [3.63, 3.8) is 0 Å². The Labute approximate surface area is 210 Å². The molecule has 0 bridgehead atoms. The molecule has 0 spiro atoms. The molecule has 11 nitrogen and oxygen atoms in total. The highest BCUT2D eigenvalue weighted by Gasteiger charge is 2.21. The fourth-order valence-electron chi connectivity index (χ4n) is 4.78. The van der Waals surface area contributed by atoms with Crippen molar-refractivity contribution in [2.75, 3.05) is 55.3 Å². The number of carbonyl (C=O) groups excluding carboxylic acids is 1. The van der Waals surface area contributed by atoms with Crippen molar-refractivity contribution >= 4 is 28.7 Å². The molecule has 0 atom stereocenters. The molecule has 0 aromatic carbocycles. The normalized spacial score (nSPS) is 20.8. The lowest BCUT2D eigenvalue weighted by atomic mass is 9.92. The summed E-state index contributed by atoms with van der Waals surface area (Å²) in [5.74, 6) is 0.440. The number of morpholine rings is 1. The topological polar surface area (TPSA) is 135 Å². The molecule has 4 heterocycles. The number of aromatic nitrogens is 4. The minimum absolute atomic E-state index is 0.277. The monoisotopic (exact) mass is 493 g/mol. The van der Waals surface area contributed by atoms with Gasteiger partial charge in [-0.25, -0.2) is 9.50 Å². The molecule has 1 aliphatic heterocycles. The van der Waals surface area contributed by atoms with E-state index in [1.807, 2.05) is 6.07 Å². The summed E-state index contributed by atoms with van der Waals surface area (Å²) in [7, 11) is 0. The maximum atomic E-state index is 13.1. The largest absolute Gasteiger partial charge is 0.382 e. The first kappa shape index (κ1) is 24.4. The molecule has 0 radical (unpaired) electrons.